The molecule has 0 fully saturated rings. The second kappa shape index (κ2) is 5.68. The summed E-state index contributed by atoms with van der Waals surface area (Å²) in [7, 11) is 1.65. The lowest BCUT2D eigenvalue weighted by molar-refractivity contribution is -0.120. The zero-order valence-corrected chi connectivity index (χ0v) is 10.8. The maximum atomic E-state index is 11.3. The molecule has 0 spiro atoms. The van der Waals surface area contributed by atoms with Gasteiger partial charge < -0.3 is 15.8 Å². The maximum absolute atomic E-state index is 11.3. The van der Waals surface area contributed by atoms with E-state index in [0.29, 0.717) is 0 Å². The Morgan fingerprint density at radius 1 is 1.41 bits per heavy atom. The molecule has 1 aromatic carbocycles. The van der Waals surface area contributed by atoms with Crippen LogP contribution in [0.25, 0.3) is 0 Å². The molecule has 1 rings (SSSR count). The van der Waals surface area contributed by atoms with E-state index in [1.807, 2.05) is 32.9 Å². The number of nitrogens with one attached hydrogen (secondary N) is 1. The van der Waals surface area contributed by atoms with E-state index in [-0.39, 0.29) is 18.5 Å². The van der Waals surface area contributed by atoms with Gasteiger partial charge >= 0.3 is 0 Å². The van der Waals surface area contributed by atoms with Crippen molar-refractivity contribution in [2.45, 2.75) is 26.8 Å². The van der Waals surface area contributed by atoms with E-state index in [0.717, 1.165) is 22.4 Å². The van der Waals surface area contributed by atoms with E-state index in [4.69, 9.17) is 10.5 Å². The summed E-state index contributed by atoms with van der Waals surface area (Å²) in [5.41, 5.74) is 8.60. The van der Waals surface area contributed by atoms with Crippen molar-refractivity contribution in [2.75, 3.05) is 13.7 Å². The third kappa shape index (κ3) is 2.97. The maximum Gasteiger partial charge on any atom is 0.234 e. The lowest BCUT2D eigenvalue weighted by atomic mass is 9.97. The molecule has 0 radical (unpaired) electrons. The lowest BCUT2D eigenvalue weighted by Gasteiger charge is -2.19. The van der Waals surface area contributed by atoms with E-state index in [2.05, 4.69) is 5.32 Å². The Morgan fingerprint density at radius 2 is 2.06 bits per heavy atom. The first-order valence-electron chi connectivity index (χ1n) is 5.64. The van der Waals surface area contributed by atoms with Gasteiger partial charge in [0.05, 0.1) is 19.7 Å². The molecule has 3 N–H and O–H groups in total. The van der Waals surface area contributed by atoms with Gasteiger partial charge in [0.25, 0.3) is 0 Å². The van der Waals surface area contributed by atoms with Crippen molar-refractivity contribution >= 4 is 5.91 Å². The normalized spacial score (nSPS) is 12.1. The van der Waals surface area contributed by atoms with Crippen molar-refractivity contribution < 1.29 is 9.53 Å². The van der Waals surface area contributed by atoms with Crippen LogP contribution in [0.1, 0.15) is 29.7 Å². The van der Waals surface area contributed by atoms with E-state index >= 15 is 0 Å². The molecule has 0 saturated heterocycles. The first-order chi connectivity index (χ1) is 8.01. The van der Waals surface area contributed by atoms with Crippen LogP contribution in [0.15, 0.2) is 12.1 Å². The predicted octanol–water partition coefficient (Wildman–Crippen LogP) is 1.45. The highest BCUT2D eigenvalue weighted by Crippen LogP contribution is 2.27. The number of hydrogen-bond acceptors (Lipinski definition) is 3. The van der Waals surface area contributed by atoms with Gasteiger partial charge in [-0.2, -0.15) is 0 Å². The summed E-state index contributed by atoms with van der Waals surface area (Å²) in [4.78, 5) is 11.3. The van der Waals surface area contributed by atoms with Crippen LogP contribution in [0.2, 0.25) is 0 Å². The van der Waals surface area contributed by atoms with Gasteiger partial charge in [0.2, 0.25) is 5.91 Å². The van der Waals surface area contributed by atoms with Crippen molar-refractivity contribution in [2.24, 2.45) is 5.73 Å². The molecule has 0 saturated carbocycles. The van der Waals surface area contributed by atoms with E-state index in [1.165, 1.54) is 0 Å². The largest absolute Gasteiger partial charge is 0.496 e. The van der Waals surface area contributed by atoms with Crippen LogP contribution >= 0.6 is 0 Å². The van der Waals surface area contributed by atoms with Gasteiger partial charge in [0, 0.05) is 0 Å². The minimum absolute atomic E-state index is 0.0124. The summed E-state index contributed by atoms with van der Waals surface area (Å²) in [5, 5.41) is 2.85. The van der Waals surface area contributed by atoms with Crippen molar-refractivity contribution in [1.29, 1.82) is 0 Å². The Balaban J connectivity index is 2.99. The average Bonchev–Trinajstić information content (AvgIpc) is 2.32. The molecule has 94 valence electrons. The highest BCUT2D eigenvalue weighted by Gasteiger charge is 2.13. The van der Waals surface area contributed by atoms with Gasteiger partial charge in [-0.3, -0.25) is 4.79 Å². The second-order valence-corrected chi connectivity index (χ2v) is 4.10. The highest BCUT2D eigenvalue weighted by atomic mass is 16.5. The van der Waals surface area contributed by atoms with Crippen LogP contribution in [0, 0.1) is 13.8 Å². The Bertz CT molecular complexity index is 416. The number of methoxy groups -OCH3 is 1. The molecule has 0 heterocycles. The van der Waals surface area contributed by atoms with Gasteiger partial charge in [-0.1, -0.05) is 6.07 Å². The fraction of sp³-hybridized carbons (Fsp3) is 0.462. The van der Waals surface area contributed by atoms with Crippen molar-refractivity contribution in [1.82, 2.24) is 5.32 Å². The highest BCUT2D eigenvalue weighted by molar-refractivity contribution is 5.78. The molecular formula is C13H20N2O2. The van der Waals surface area contributed by atoms with Gasteiger partial charge in [-0.05, 0) is 43.5 Å². The van der Waals surface area contributed by atoms with Crippen molar-refractivity contribution in [3.8, 4) is 5.75 Å². The van der Waals surface area contributed by atoms with Gasteiger partial charge in [0.15, 0.2) is 0 Å². The number of benzene rings is 1. The summed E-state index contributed by atoms with van der Waals surface area (Å²) in [6.45, 7) is 5.99. The molecule has 0 aliphatic rings. The third-order valence-electron chi connectivity index (χ3n) is 3.03. The smallest absolute Gasteiger partial charge is 0.234 e. The monoisotopic (exact) mass is 236 g/mol. The molecule has 1 atom stereocenters. The molecule has 4 heteroatoms. The van der Waals surface area contributed by atoms with E-state index < -0.39 is 0 Å². The molecular weight excluding hydrogens is 216 g/mol. The Morgan fingerprint density at radius 3 is 2.59 bits per heavy atom. The number of hydrogen-bond donors (Lipinski definition) is 2. The van der Waals surface area contributed by atoms with Gasteiger partial charge in [0.1, 0.15) is 5.75 Å². The summed E-state index contributed by atoms with van der Waals surface area (Å²) in [6.07, 6.45) is 0. The topological polar surface area (TPSA) is 64.3 Å². The zero-order chi connectivity index (χ0) is 13.0. The summed E-state index contributed by atoms with van der Waals surface area (Å²) >= 11 is 0. The first-order valence-corrected chi connectivity index (χ1v) is 5.64. The van der Waals surface area contributed by atoms with Crippen molar-refractivity contribution in [3.05, 3.63) is 28.8 Å². The molecule has 0 aliphatic carbocycles. The second-order valence-electron chi connectivity index (χ2n) is 4.10. The summed E-state index contributed by atoms with van der Waals surface area (Å²) in [5.74, 6) is 0.717. The predicted molar refractivity (Wildman–Crippen MR) is 68.1 cm³/mol. The summed E-state index contributed by atoms with van der Waals surface area (Å²) < 4.78 is 5.26. The molecule has 0 bridgehead atoms. The molecule has 1 aromatic rings. The number of carbonyl (C=O) groups excluding carboxylic acids is 1. The third-order valence-corrected chi connectivity index (χ3v) is 3.03. The Hall–Kier alpha value is -1.55. The fourth-order valence-electron chi connectivity index (χ4n) is 1.89. The minimum atomic E-state index is -0.148. The van der Waals surface area contributed by atoms with E-state index in [9.17, 15) is 4.79 Å². The molecule has 0 aromatic heterocycles. The molecule has 4 nitrogen and oxygen atoms in total. The van der Waals surface area contributed by atoms with Crippen molar-refractivity contribution in [3.63, 3.8) is 0 Å². The number of amides is 1. The quantitative estimate of drug-likeness (QED) is 0.831. The standard InChI is InChI=1S/C13H20N2O2/c1-8-9(2)12(17-4)6-5-11(8)10(3)15-13(16)7-14/h5-6,10H,7,14H2,1-4H3,(H,15,16). The number of rotatable bonds is 4. The number of ether oxygens (including phenoxy) is 1. The number of carbonyl (C=O) groups is 1. The van der Waals surface area contributed by atoms with Gasteiger partial charge in [-0.25, -0.2) is 0 Å². The average molecular weight is 236 g/mol. The van der Waals surface area contributed by atoms with Crippen LogP contribution in [0.3, 0.4) is 0 Å². The van der Waals surface area contributed by atoms with Crippen LogP contribution in [0.5, 0.6) is 5.75 Å². The van der Waals surface area contributed by atoms with Crippen LogP contribution in [-0.4, -0.2) is 19.6 Å². The molecule has 0 aliphatic heterocycles. The van der Waals surface area contributed by atoms with E-state index in [1.54, 1.807) is 7.11 Å². The number of nitrogens with two attached hydrogens (primary N) is 1. The Labute approximate surface area is 102 Å². The Kier molecular flexibility index (Phi) is 4.52. The first kappa shape index (κ1) is 13.5. The van der Waals surface area contributed by atoms with Crippen LogP contribution in [0.4, 0.5) is 0 Å². The SMILES string of the molecule is COc1ccc(C(C)NC(=O)CN)c(C)c1C. The fourth-order valence-corrected chi connectivity index (χ4v) is 1.89. The molecule has 1 amide bonds. The lowest BCUT2D eigenvalue weighted by Crippen LogP contribution is -2.32. The zero-order valence-electron chi connectivity index (χ0n) is 10.8. The summed E-state index contributed by atoms with van der Waals surface area (Å²) in [6, 6.07) is 3.85. The van der Waals surface area contributed by atoms with Gasteiger partial charge in [-0.15, -0.1) is 0 Å². The molecule has 17 heavy (non-hydrogen) atoms. The van der Waals surface area contributed by atoms with Crippen LogP contribution < -0.4 is 15.8 Å². The molecule has 1 unspecified atom stereocenters. The van der Waals surface area contributed by atoms with Crippen LogP contribution in [-0.2, 0) is 4.79 Å². The minimum Gasteiger partial charge on any atom is -0.496 e.